The Kier molecular flexibility index (Phi) is 6.50. The van der Waals surface area contributed by atoms with E-state index >= 15 is 0 Å². The summed E-state index contributed by atoms with van der Waals surface area (Å²) in [5.74, 6) is -0.0489. The molecule has 0 saturated carbocycles. The SMILES string of the molecule is CCCCCOc1cccc(C(=O)Nc2sc3c(c2C(N)=O)CCCC3)c1. The molecule has 0 saturated heterocycles. The number of primary amides is 1. The molecule has 27 heavy (non-hydrogen) atoms. The molecule has 0 radical (unpaired) electrons. The summed E-state index contributed by atoms with van der Waals surface area (Å²) in [6, 6.07) is 7.13. The van der Waals surface area contributed by atoms with Gasteiger partial charge in [0.25, 0.3) is 11.8 Å². The van der Waals surface area contributed by atoms with Gasteiger partial charge in [-0.3, -0.25) is 9.59 Å². The number of carbonyl (C=O) groups is 2. The number of thiophene rings is 1. The number of rotatable bonds is 8. The molecule has 0 atom stereocenters. The van der Waals surface area contributed by atoms with Gasteiger partial charge >= 0.3 is 0 Å². The summed E-state index contributed by atoms with van der Waals surface area (Å²) < 4.78 is 5.73. The first-order valence-electron chi connectivity index (χ1n) is 9.58. The topological polar surface area (TPSA) is 81.4 Å². The number of nitrogens with one attached hydrogen (secondary N) is 1. The lowest BCUT2D eigenvalue weighted by atomic mass is 9.95. The number of unbranched alkanes of at least 4 members (excludes halogenated alkanes) is 2. The van der Waals surface area contributed by atoms with Crippen molar-refractivity contribution in [2.75, 3.05) is 11.9 Å². The number of nitrogens with two attached hydrogens (primary N) is 1. The van der Waals surface area contributed by atoms with Crippen LogP contribution in [0.4, 0.5) is 5.00 Å². The maximum atomic E-state index is 12.7. The molecule has 0 bridgehead atoms. The fourth-order valence-electron chi connectivity index (χ4n) is 3.36. The largest absolute Gasteiger partial charge is 0.494 e. The van der Waals surface area contributed by atoms with Crippen molar-refractivity contribution in [3.8, 4) is 5.75 Å². The molecule has 0 fully saturated rings. The molecule has 3 N–H and O–H groups in total. The highest BCUT2D eigenvalue weighted by Gasteiger charge is 2.25. The first-order valence-corrected chi connectivity index (χ1v) is 10.4. The van der Waals surface area contributed by atoms with Crippen LogP contribution in [0.15, 0.2) is 24.3 Å². The van der Waals surface area contributed by atoms with Crippen LogP contribution >= 0.6 is 11.3 Å². The highest BCUT2D eigenvalue weighted by molar-refractivity contribution is 7.17. The molecule has 1 aliphatic rings. The van der Waals surface area contributed by atoms with Gasteiger partial charge in [-0.1, -0.05) is 25.8 Å². The Morgan fingerprint density at radius 1 is 1.22 bits per heavy atom. The summed E-state index contributed by atoms with van der Waals surface area (Å²) in [7, 11) is 0. The van der Waals surface area contributed by atoms with Gasteiger partial charge in [0.1, 0.15) is 10.8 Å². The lowest BCUT2D eigenvalue weighted by Gasteiger charge is -2.11. The van der Waals surface area contributed by atoms with E-state index in [4.69, 9.17) is 10.5 Å². The average Bonchev–Trinajstić information content (AvgIpc) is 3.03. The number of ether oxygens (including phenoxy) is 1. The molecule has 6 heteroatoms. The van der Waals surface area contributed by atoms with Crippen molar-refractivity contribution in [1.29, 1.82) is 0 Å². The van der Waals surface area contributed by atoms with Crippen molar-refractivity contribution < 1.29 is 14.3 Å². The summed E-state index contributed by atoms with van der Waals surface area (Å²) in [6.45, 7) is 2.79. The molecule has 0 spiro atoms. The Bertz CT molecular complexity index is 829. The predicted octanol–water partition coefficient (Wildman–Crippen LogP) is 4.55. The van der Waals surface area contributed by atoms with Crippen molar-refractivity contribution in [2.45, 2.75) is 51.9 Å². The molecule has 3 rings (SSSR count). The number of benzene rings is 1. The minimum Gasteiger partial charge on any atom is -0.494 e. The molecule has 2 amide bonds. The first kappa shape index (κ1) is 19.4. The number of fused-ring (bicyclic) bond motifs is 1. The number of hydrogen-bond donors (Lipinski definition) is 2. The van der Waals surface area contributed by atoms with E-state index in [9.17, 15) is 9.59 Å². The highest BCUT2D eigenvalue weighted by Crippen LogP contribution is 2.38. The lowest BCUT2D eigenvalue weighted by Crippen LogP contribution is -2.18. The van der Waals surface area contributed by atoms with Crippen LogP contribution in [0, 0.1) is 0 Å². The molecule has 1 aromatic carbocycles. The molecular weight excluding hydrogens is 360 g/mol. The molecule has 2 aromatic rings. The monoisotopic (exact) mass is 386 g/mol. The van der Waals surface area contributed by atoms with Gasteiger partial charge < -0.3 is 15.8 Å². The maximum Gasteiger partial charge on any atom is 0.256 e. The number of amides is 2. The number of hydrogen-bond acceptors (Lipinski definition) is 4. The van der Waals surface area contributed by atoms with E-state index in [2.05, 4.69) is 12.2 Å². The van der Waals surface area contributed by atoms with Gasteiger partial charge in [0.2, 0.25) is 0 Å². The van der Waals surface area contributed by atoms with Crippen LogP contribution in [0.25, 0.3) is 0 Å². The fourth-order valence-corrected chi connectivity index (χ4v) is 4.65. The van der Waals surface area contributed by atoms with Gasteiger partial charge in [-0.05, 0) is 55.9 Å². The second-order valence-electron chi connectivity index (χ2n) is 6.82. The number of anilines is 1. The Hall–Kier alpha value is -2.34. The predicted molar refractivity (Wildman–Crippen MR) is 109 cm³/mol. The molecule has 0 aliphatic heterocycles. The van der Waals surface area contributed by atoms with Gasteiger partial charge in [0, 0.05) is 10.4 Å². The minimum absolute atomic E-state index is 0.255. The van der Waals surface area contributed by atoms with Crippen LogP contribution in [0.1, 0.15) is 70.2 Å². The van der Waals surface area contributed by atoms with Gasteiger partial charge in [-0.2, -0.15) is 0 Å². The maximum absolute atomic E-state index is 12.7. The van der Waals surface area contributed by atoms with E-state index in [1.54, 1.807) is 18.2 Å². The second-order valence-corrected chi connectivity index (χ2v) is 7.92. The smallest absolute Gasteiger partial charge is 0.256 e. The standard InChI is InChI=1S/C21H26N2O3S/c1-2-3-6-12-26-15-9-7-8-14(13-15)20(25)23-21-18(19(22)24)16-10-4-5-11-17(16)27-21/h7-9,13H,2-6,10-12H2,1H3,(H2,22,24)(H,23,25). The zero-order valence-electron chi connectivity index (χ0n) is 15.7. The number of aryl methyl sites for hydroxylation is 1. The van der Waals surface area contributed by atoms with Crippen LogP contribution in [-0.4, -0.2) is 18.4 Å². The van der Waals surface area contributed by atoms with Gasteiger partial charge in [0.15, 0.2) is 0 Å². The Balaban J connectivity index is 1.74. The third-order valence-corrected chi connectivity index (χ3v) is 5.96. The van der Waals surface area contributed by atoms with E-state index in [0.29, 0.717) is 28.5 Å². The Labute approximate surface area is 163 Å². The second kappa shape index (κ2) is 9.04. The van der Waals surface area contributed by atoms with Crippen molar-refractivity contribution in [2.24, 2.45) is 5.73 Å². The summed E-state index contributed by atoms with van der Waals surface area (Å²) in [6.07, 6.45) is 7.21. The quantitative estimate of drug-likeness (QED) is 0.653. The molecule has 144 valence electrons. The molecule has 5 nitrogen and oxygen atoms in total. The molecule has 0 unspecified atom stereocenters. The van der Waals surface area contributed by atoms with Crippen LogP contribution in [0.5, 0.6) is 5.75 Å². The van der Waals surface area contributed by atoms with Crippen LogP contribution in [0.2, 0.25) is 0 Å². The summed E-state index contributed by atoms with van der Waals surface area (Å²) >= 11 is 1.47. The first-order chi connectivity index (χ1) is 13.1. The van der Waals surface area contributed by atoms with Gasteiger partial charge in [0.05, 0.1) is 12.2 Å². The van der Waals surface area contributed by atoms with Crippen molar-refractivity contribution in [1.82, 2.24) is 0 Å². The van der Waals surface area contributed by atoms with E-state index in [1.807, 2.05) is 6.07 Å². The fraction of sp³-hybridized carbons (Fsp3) is 0.429. The summed E-state index contributed by atoms with van der Waals surface area (Å²) in [5.41, 5.74) is 7.60. The number of carbonyl (C=O) groups excluding carboxylic acids is 2. The Morgan fingerprint density at radius 3 is 2.81 bits per heavy atom. The van der Waals surface area contributed by atoms with Crippen molar-refractivity contribution in [3.63, 3.8) is 0 Å². The third-order valence-electron chi connectivity index (χ3n) is 4.76. The van der Waals surface area contributed by atoms with Crippen LogP contribution in [0.3, 0.4) is 0 Å². The average molecular weight is 387 g/mol. The van der Waals surface area contributed by atoms with E-state index in [-0.39, 0.29) is 5.91 Å². The molecule has 1 aliphatic carbocycles. The van der Waals surface area contributed by atoms with Gasteiger partial charge in [-0.25, -0.2) is 0 Å². The van der Waals surface area contributed by atoms with Crippen LogP contribution < -0.4 is 15.8 Å². The lowest BCUT2D eigenvalue weighted by molar-refractivity contribution is 0.100. The summed E-state index contributed by atoms with van der Waals surface area (Å²) in [4.78, 5) is 25.8. The zero-order chi connectivity index (χ0) is 19.2. The normalized spacial score (nSPS) is 13.1. The van der Waals surface area contributed by atoms with Crippen molar-refractivity contribution in [3.05, 3.63) is 45.8 Å². The summed E-state index contributed by atoms with van der Waals surface area (Å²) in [5, 5.41) is 3.46. The molecule has 1 heterocycles. The zero-order valence-corrected chi connectivity index (χ0v) is 16.5. The molecule has 1 aromatic heterocycles. The van der Waals surface area contributed by atoms with Crippen LogP contribution in [-0.2, 0) is 12.8 Å². The Morgan fingerprint density at radius 2 is 2.04 bits per heavy atom. The van der Waals surface area contributed by atoms with Gasteiger partial charge in [-0.15, -0.1) is 11.3 Å². The minimum atomic E-state index is -0.474. The van der Waals surface area contributed by atoms with E-state index in [1.165, 1.54) is 16.2 Å². The molecular formula is C21H26N2O3S. The van der Waals surface area contributed by atoms with E-state index < -0.39 is 5.91 Å². The third kappa shape index (κ3) is 4.69. The highest BCUT2D eigenvalue weighted by atomic mass is 32.1. The van der Waals surface area contributed by atoms with E-state index in [0.717, 1.165) is 50.5 Å². The van der Waals surface area contributed by atoms with Crippen molar-refractivity contribution >= 4 is 28.2 Å².